The van der Waals surface area contributed by atoms with Crippen molar-refractivity contribution in [3.63, 3.8) is 0 Å². The largest absolute Gasteiger partial charge is 0.373 e. The summed E-state index contributed by atoms with van der Waals surface area (Å²) in [6.45, 7) is 6.32. The molecule has 0 amide bonds. The van der Waals surface area contributed by atoms with Gasteiger partial charge in [-0.2, -0.15) is 0 Å². The van der Waals surface area contributed by atoms with Gasteiger partial charge in [0.1, 0.15) is 17.5 Å². The molecule has 1 saturated carbocycles. The zero-order valence-electron chi connectivity index (χ0n) is 13.3. The summed E-state index contributed by atoms with van der Waals surface area (Å²) < 4.78 is 0. The fourth-order valence-electron chi connectivity index (χ4n) is 3.21. The Labute approximate surface area is 122 Å². The number of anilines is 2. The first kappa shape index (κ1) is 15.1. The average Bonchev–Trinajstić information content (AvgIpc) is 2.45. The molecule has 1 aromatic rings. The molecule has 1 aliphatic carbocycles. The van der Waals surface area contributed by atoms with Crippen LogP contribution in [0.3, 0.4) is 0 Å². The van der Waals surface area contributed by atoms with Gasteiger partial charge < -0.3 is 10.6 Å². The van der Waals surface area contributed by atoms with Crippen molar-refractivity contribution in [1.82, 2.24) is 9.97 Å². The monoisotopic (exact) mass is 276 g/mol. The van der Waals surface area contributed by atoms with Crippen molar-refractivity contribution in [1.29, 1.82) is 0 Å². The molecule has 2 rings (SSSR count). The summed E-state index contributed by atoms with van der Waals surface area (Å²) in [6.07, 6.45) is 7.95. The van der Waals surface area contributed by atoms with Gasteiger partial charge in [-0.05, 0) is 45.4 Å². The van der Waals surface area contributed by atoms with Crippen molar-refractivity contribution >= 4 is 11.6 Å². The number of hydrogen-bond donors (Lipinski definition) is 2. The predicted molar refractivity (Wildman–Crippen MR) is 85.3 cm³/mol. The standard InChI is InChI=1S/C16H28N4/c1-5-6-13-7-9-14(10-8-13)20-16-11(2)15(17-4)18-12(3)19-16/h13-14H,5-10H2,1-4H3,(H2,17,18,19,20). The Morgan fingerprint density at radius 1 is 1.05 bits per heavy atom. The van der Waals surface area contributed by atoms with Crippen molar-refractivity contribution < 1.29 is 0 Å². The summed E-state index contributed by atoms with van der Waals surface area (Å²) >= 11 is 0. The van der Waals surface area contributed by atoms with Gasteiger partial charge >= 0.3 is 0 Å². The maximum absolute atomic E-state index is 4.57. The molecule has 0 radical (unpaired) electrons. The molecule has 1 heterocycles. The van der Waals surface area contributed by atoms with Crippen LogP contribution in [-0.2, 0) is 0 Å². The second kappa shape index (κ2) is 6.91. The van der Waals surface area contributed by atoms with E-state index in [-0.39, 0.29) is 0 Å². The van der Waals surface area contributed by atoms with Crippen LogP contribution in [0.25, 0.3) is 0 Å². The van der Waals surface area contributed by atoms with Crippen LogP contribution in [0.5, 0.6) is 0 Å². The lowest BCUT2D eigenvalue weighted by molar-refractivity contribution is 0.318. The van der Waals surface area contributed by atoms with E-state index in [9.17, 15) is 0 Å². The van der Waals surface area contributed by atoms with Gasteiger partial charge in [-0.25, -0.2) is 9.97 Å². The van der Waals surface area contributed by atoms with Crippen molar-refractivity contribution in [3.8, 4) is 0 Å². The van der Waals surface area contributed by atoms with Gasteiger partial charge in [-0.15, -0.1) is 0 Å². The van der Waals surface area contributed by atoms with E-state index in [1.165, 1.54) is 38.5 Å². The summed E-state index contributed by atoms with van der Waals surface area (Å²) in [5.41, 5.74) is 1.12. The number of nitrogens with one attached hydrogen (secondary N) is 2. The van der Waals surface area contributed by atoms with E-state index in [2.05, 4.69) is 34.4 Å². The van der Waals surface area contributed by atoms with E-state index in [0.29, 0.717) is 6.04 Å². The Bertz CT molecular complexity index is 436. The van der Waals surface area contributed by atoms with Gasteiger partial charge in [-0.3, -0.25) is 0 Å². The van der Waals surface area contributed by atoms with Crippen LogP contribution in [-0.4, -0.2) is 23.1 Å². The molecule has 0 spiro atoms. The second-order valence-corrected chi connectivity index (χ2v) is 5.99. The van der Waals surface area contributed by atoms with E-state index < -0.39 is 0 Å². The molecule has 20 heavy (non-hydrogen) atoms. The molecule has 0 unspecified atom stereocenters. The Balaban J connectivity index is 1.99. The molecule has 112 valence electrons. The van der Waals surface area contributed by atoms with Gasteiger partial charge in [0.25, 0.3) is 0 Å². The number of aryl methyl sites for hydroxylation is 1. The maximum atomic E-state index is 4.57. The Morgan fingerprint density at radius 3 is 2.30 bits per heavy atom. The third kappa shape index (κ3) is 3.62. The lowest BCUT2D eigenvalue weighted by atomic mass is 9.83. The normalized spacial score (nSPS) is 22.6. The number of rotatable bonds is 5. The molecule has 1 aliphatic rings. The Morgan fingerprint density at radius 2 is 1.70 bits per heavy atom. The number of aromatic nitrogens is 2. The van der Waals surface area contributed by atoms with Gasteiger partial charge in [0.05, 0.1) is 0 Å². The van der Waals surface area contributed by atoms with Crippen molar-refractivity contribution in [2.24, 2.45) is 5.92 Å². The minimum Gasteiger partial charge on any atom is -0.373 e. The first-order valence-corrected chi connectivity index (χ1v) is 7.93. The molecule has 2 N–H and O–H groups in total. The summed E-state index contributed by atoms with van der Waals surface area (Å²) in [5.74, 6) is 3.70. The first-order chi connectivity index (χ1) is 9.63. The highest BCUT2D eigenvalue weighted by Crippen LogP contribution is 2.30. The van der Waals surface area contributed by atoms with E-state index in [1.807, 2.05) is 14.0 Å². The van der Waals surface area contributed by atoms with Gasteiger partial charge in [-0.1, -0.05) is 19.8 Å². The summed E-state index contributed by atoms with van der Waals surface area (Å²) in [4.78, 5) is 8.99. The van der Waals surface area contributed by atoms with Gasteiger partial charge in [0.15, 0.2) is 0 Å². The molecule has 4 nitrogen and oxygen atoms in total. The molecule has 0 atom stereocenters. The molecular formula is C16H28N4. The van der Waals surface area contributed by atoms with Crippen LogP contribution < -0.4 is 10.6 Å². The summed E-state index contributed by atoms with van der Waals surface area (Å²) in [7, 11) is 1.91. The highest BCUT2D eigenvalue weighted by molar-refractivity contribution is 5.57. The van der Waals surface area contributed by atoms with Crippen molar-refractivity contribution in [3.05, 3.63) is 11.4 Å². The van der Waals surface area contributed by atoms with Crippen molar-refractivity contribution in [2.45, 2.75) is 65.3 Å². The van der Waals surface area contributed by atoms with Crippen LogP contribution in [0.2, 0.25) is 0 Å². The highest BCUT2D eigenvalue weighted by atomic mass is 15.1. The second-order valence-electron chi connectivity index (χ2n) is 5.99. The van der Waals surface area contributed by atoms with Gasteiger partial charge in [0, 0.05) is 18.7 Å². The molecular weight excluding hydrogens is 248 g/mol. The maximum Gasteiger partial charge on any atom is 0.134 e. The molecule has 1 fully saturated rings. The number of hydrogen-bond acceptors (Lipinski definition) is 4. The number of nitrogens with zero attached hydrogens (tertiary/aromatic N) is 2. The molecule has 0 saturated heterocycles. The van der Waals surface area contributed by atoms with Crippen LogP contribution in [0.1, 0.15) is 56.8 Å². The molecule has 1 aromatic heterocycles. The van der Waals surface area contributed by atoms with E-state index in [1.54, 1.807) is 0 Å². The van der Waals surface area contributed by atoms with Crippen LogP contribution in [0, 0.1) is 19.8 Å². The lowest BCUT2D eigenvalue weighted by Gasteiger charge is -2.29. The average molecular weight is 276 g/mol. The highest BCUT2D eigenvalue weighted by Gasteiger charge is 2.21. The third-order valence-corrected chi connectivity index (χ3v) is 4.38. The Kier molecular flexibility index (Phi) is 5.21. The van der Waals surface area contributed by atoms with Crippen LogP contribution >= 0.6 is 0 Å². The zero-order valence-corrected chi connectivity index (χ0v) is 13.3. The topological polar surface area (TPSA) is 49.8 Å². The Hall–Kier alpha value is -1.32. The SMILES string of the molecule is CCCC1CCC(Nc2nc(C)nc(NC)c2C)CC1. The van der Waals surface area contributed by atoms with E-state index >= 15 is 0 Å². The molecule has 0 aliphatic heterocycles. The van der Waals surface area contributed by atoms with E-state index in [0.717, 1.165) is 28.9 Å². The zero-order chi connectivity index (χ0) is 14.5. The summed E-state index contributed by atoms with van der Waals surface area (Å²) in [5, 5.41) is 6.78. The van der Waals surface area contributed by atoms with Gasteiger partial charge in [0.2, 0.25) is 0 Å². The fourth-order valence-corrected chi connectivity index (χ4v) is 3.21. The minimum atomic E-state index is 0.570. The molecule has 0 aromatic carbocycles. The van der Waals surface area contributed by atoms with E-state index in [4.69, 9.17) is 0 Å². The predicted octanol–water partition coefficient (Wildman–Crippen LogP) is 3.91. The van der Waals surface area contributed by atoms with Crippen molar-refractivity contribution in [2.75, 3.05) is 17.7 Å². The lowest BCUT2D eigenvalue weighted by Crippen LogP contribution is -2.27. The van der Waals surface area contributed by atoms with Crippen LogP contribution in [0.15, 0.2) is 0 Å². The quantitative estimate of drug-likeness (QED) is 0.856. The van der Waals surface area contributed by atoms with Crippen LogP contribution in [0.4, 0.5) is 11.6 Å². The fraction of sp³-hybridized carbons (Fsp3) is 0.750. The molecule has 0 bridgehead atoms. The minimum absolute atomic E-state index is 0.570. The smallest absolute Gasteiger partial charge is 0.134 e. The first-order valence-electron chi connectivity index (χ1n) is 7.93. The molecule has 4 heteroatoms. The third-order valence-electron chi connectivity index (χ3n) is 4.38. The summed E-state index contributed by atoms with van der Waals surface area (Å²) in [6, 6.07) is 0.570.